The third-order valence-corrected chi connectivity index (χ3v) is 8.54. The number of allylic oxidation sites excluding steroid dienone is 1. The first-order valence-electron chi connectivity index (χ1n) is 12.2. The summed E-state index contributed by atoms with van der Waals surface area (Å²) >= 11 is 0. The molecule has 0 bridgehead atoms. The van der Waals surface area contributed by atoms with E-state index in [0.717, 1.165) is 30.4 Å². The van der Waals surface area contributed by atoms with Crippen molar-refractivity contribution in [3.8, 4) is 5.75 Å². The first kappa shape index (κ1) is 24.1. The highest BCUT2D eigenvalue weighted by molar-refractivity contribution is 7.92. The van der Waals surface area contributed by atoms with Gasteiger partial charge in [-0.3, -0.25) is 9.10 Å². The molecule has 3 aromatic carbocycles. The van der Waals surface area contributed by atoms with E-state index in [1.807, 2.05) is 31.2 Å². The van der Waals surface area contributed by atoms with Gasteiger partial charge in [-0.1, -0.05) is 48.5 Å². The molecule has 7 heteroatoms. The maximum Gasteiger partial charge on any atom is 0.303 e. The topological polar surface area (TPSA) is 83.9 Å². The quantitative estimate of drug-likeness (QED) is 0.467. The first-order valence-corrected chi connectivity index (χ1v) is 13.7. The summed E-state index contributed by atoms with van der Waals surface area (Å²) in [7, 11) is -3.88. The summed E-state index contributed by atoms with van der Waals surface area (Å²) in [6.07, 6.45) is 4.81. The molecule has 36 heavy (non-hydrogen) atoms. The van der Waals surface area contributed by atoms with Crippen LogP contribution in [-0.2, 0) is 21.2 Å². The minimum Gasteiger partial charge on any atom is -0.486 e. The van der Waals surface area contributed by atoms with Crippen molar-refractivity contribution in [1.29, 1.82) is 0 Å². The molecule has 3 aromatic rings. The predicted molar refractivity (Wildman–Crippen MR) is 141 cm³/mol. The minimum atomic E-state index is -3.88. The van der Waals surface area contributed by atoms with Crippen LogP contribution in [0.1, 0.15) is 47.9 Å². The molecule has 1 aliphatic carbocycles. The van der Waals surface area contributed by atoms with Gasteiger partial charge in [-0.25, -0.2) is 8.42 Å². The van der Waals surface area contributed by atoms with Gasteiger partial charge in [-0.2, -0.15) is 0 Å². The van der Waals surface area contributed by atoms with Crippen LogP contribution in [0.3, 0.4) is 0 Å². The van der Waals surface area contributed by atoms with Crippen LogP contribution in [-0.4, -0.2) is 32.1 Å². The van der Waals surface area contributed by atoms with Crippen LogP contribution in [0.4, 0.5) is 5.69 Å². The highest BCUT2D eigenvalue weighted by Gasteiger charge is 2.35. The number of rotatable bonds is 6. The molecule has 0 fully saturated rings. The first-order chi connectivity index (χ1) is 17.3. The number of benzene rings is 3. The normalized spacial score (nSPS) is 18.3. The van der Waals surface area contributed by atoms with Gasteiger partial charge in [-0.05, 0) is 84.7 Å². The van der Waals surface area contributed by atoms with Gasteiger partial charge >= 0.3 is 5.97 Å². The highest BCUT2D eigenvalue weighted by Crippen LogP contribution is 2.40. The maximum absolute atomic E-state index is 13.8. The molecule has 0 radical (unpaired) electrons. The Morgan fingerprint density at radius 2 is 1.92 bits per heavy atom. The number of aryl methyl sites for hydroxylation is 2. The van der Waals surface area contributed by atoms with E-state index >= 15 is 0 Å². The third-order valence-electron chi connectivity index (χ3n) is 6.77. The second kappa shape index (κ2) is 9.82. The summed E-state index contributed by atoms with van der Waals surface area (Å²) in [6.45, 7) is 1.91. The molecular formula is C29H29NO5S. The lowest BCUT2D eigenvalue weighted by Gasteiger charge is -2.35. The number of hydrogen-bond donors (Lipinski definition) is 1. The molecule has 0 amide bonds. The Balaban J connectivity index is 1.56. The number of anilines is 1. The Hall–Kier alpha value is -3.58. The zero-order valence-corrected chi connectivity index (χ0v) is 21.0. The van der Waals surface area contributed by atoms with E-state index in [9.17, 15) is 13.2 Å². The van der Waals surface area contributed by atoms with Crippen molar-refractivity contribution in [1.82, 2.24) is 0 Å². The van der Waals surface area contributed by atoms with Crippen LogP contribution in [0.2, 0.25) is 0 Å². The number of aliphatic carboxylic acids is 1. The molecule has 0 saturated carbocycles. The third kappa shape index (κ3) is 4.88. The van der Waals surface area contributed by atoms with Gasteiger partial charge in [0.15, 0.2) is 0 Å². The van der Waals surface area contributed by atoms with Crippen LogP contribution in [0, 0.1) is 6.92 Å². The van der Waals surface area contributed by atoms with Crippen LogP contribution in [0.5, 0.6) is 5.75 Å². The summed E-state index contributed by atoms with van der Waals surface area (Å²) < 4.78 is 35.0. The van der Waals surface area contributed by atoms with E-state index in [2.05, 4.69) is 24.3 Å². The van der Waals surface area contributed by atoms with E-state index in [1.165, 1.54) is 21.0 Å². The lowest BCUT2D eigenvalue weighted by molar-refractivity contribution is -0.137. The van der Waals surface area contributed by atoms with Crippen molar-refractivity contribution >= 4 is 33.3 Å². The number of fused-ring (bicyclic) bond motifs is 2. The lowest BCUT2D eigenvalue weighted by Crippen LogP contribution is -2.43. The second-order valence-corrected chi connectivity index (χ2v) is 11.3. The van der Waals surface area contributed by atoms with E-state index in [0.29, 0.717) is 11.4 Å². The maximum atomic E-state index is 13.8. The van der Waals surface area contributed by atoms with Crippen LogP contribution in [0.25, 0.3) is 11.6 Å². The summed E-state index contributed by atoms with van der Waals surface area (Å²) in [4.78, 5) is 11.4. The Morgan fingerprint density at radius 3 is 2.72 bits per heavy atom. The lowest BCUT2D eigenvalue weighted by atomic mass is 9.86. The van der Waals surface area contributed by atoms with Gasteiger partial charge in [0.05, 0.1) is 17.1 Å². The fraction of sp³-hybridized carbons (Fsp3) is 0.276. The Kier molecular flexibility index (Phi) is 6.58. The molecule has 2 aliphatic rings. The molecular weight excluding hydrogens is 474 g/mol. The number of carboxylic acids is 1. The van der Waals surface area contributed by atoms with Gasteiger partial charge < -0.3 is 9.84 Å². The average Bonchev–Trinajstić information content (AvgIpc) is 2.87. The predicted octanol–water partition coefficient (Wildman–Crippen LogP) is 5.69. The molecule has 0 spiro atoms. The van der Waals surface area contributed by atoms with Crippen LogP contribution < -0.4 is 9.04 Å². The molecule has 0 unspecified atom stereocenters. The van der Waals surface area contributed by atoms with Gasteiger partial charge in [0.1, 0.15) is 11.9 Å². The van der Waals surface area contributed by atoms with Gasteiger partial charge in [-0.15, -0.1) is 0 Å². The monoisotopic (exact) mass is 503 g/mol. The molecule has 1 N–H and O–H groups in total. The fourth-order valence-electron chi connectivity index (χ4n) is 4.99. The Labute approximate surface area is 211 Å². The molecule has 0 aromatic heterocycles. The average molecular weight is 504 g/mol. The van der Waals surface area contributed by atoms with Crippen molar-refractivity contribution in [2.45, 2.75) is 50.0 Å². The number of hydrogen-bond acceptors (Lipinski definition) is 4. The molecule has 1 aliphatic heterocycles. The van der Waals surface area contributed by atoms with Crippen molar-refractivity contribution in [3.63, 3.8) is 0 Å². The van der Waals surface area contributed by atoms with E-state index in [-0.39, 0.29) is 24.3 Å². The van der Waals surface area contributed by atoms with E-state index < -0.39 is 22.1 Å². The van der Waals surface area contributed by atoms with Gasteiger partial charge in [0.2, 0.25) is 0 Å². The molecule has 5 rings (SSSR count). The molecule has 6 nitrogen and oxygen atoms in total. The Bertz CT molecular complexity index is 1440. The minimum absolute atomic E-state index is 0.0550. The van der Waals surface area contributed by atoms with Crippen molar-refractivity contribution < 1.29 is 23.1 Å². The van der Waals surface area contributed by atoms with E-state index in [1.54, 1.807) is 24.3 Å². The standard InChI is InChI=1S/C29H29NO5S/c1-20-6-4-10-25(16-20)36(33,34)30-19-24(13-15-29(31)32)35-28-14-12-21(18-27(28)30)17-23-9-5-8-22-7-2-3-11-26(22)23/h2-4,6-7,10-12,14,16-18,24H,5,8-9,13,15,19H2,1H3,(H,31,32)/b23-17+/t24-/m0/s1. The van der Waals surface area contributed by atoms with Gasteiger partial charge in [0.25, 0.3) is 10.0 Å². The number of carbonyl (C=O) groups is 1. The number of sulfonamides is 1. The van der Waals surface area contributed by atoms with Crippen molar-refractivity contribution in [3.05, 3.63) is 89.0 Å². The summed E-state index contributed by atoms with van der Waals surface area (Å²) in [5.41, 5.74) is 6.04. The largest absolute Gasteiger partial charge is 0.486 e. The summed E-state index contributed by atoms with van der Waals surface area (Å²) in [5, 5.41) is 9.14. The highest BCUT2D eigenvalue weighted by atomic mass is 32.2. The van der Waals surface area contributed by atoms with Crippen molar-refractivity contribution in [2.75, 3.05) is 10.8 Å². The van der Waals surface area contributed by atoms with Crippen LogP contribution in [0.15, 0.2) is 71.6 Å². The zero-order valence-electron chi connectivity index (χ0n) is 20.2. The van der Waals surface area contributed by atoms with E-state index in [4.69, 9.17) is 9.84 Å². The molecule has 1 atom stereocenters. The number of carboxylic acid groups (broad SMARTS) is 1. The van der Waals surface area contributed by atoms with Crippen molar-refractivity contribution in [2.24, 2.45) is 0 Å². The van der Waals surface area contributed by atoms with Crippen LogP contribution >= 0.6 is 0 Å². The van der Waals surface area contributed by atoms with Gasteiger partial charge in [0, 0.05) is 6.42 Å². The summed E-state index contributed by atoms with van der Waals surface area (Å²) in [6, 6.07) is 20.8. The SMILES string of the molecule is Cc1cccc(S(=O)(=O)N2C[C@H](CCC(=O)O)Oc3ccc(/C=C4\CCCc5ccccc54)cc32)c1. The Morgan fingerprint density at radius 1 is 1.08 bits per heavy atom. The zero-order chi connectivity index (χ0) is 25.3. The smallest absolute Gasteiger partial charge is 0.303 e. The fourth-order valence-corrected chi connectivity index (χ4v) is 6.59. The molecule has 186 valence electrons. The second-order valence-electron chi connectivity index (χ2n) is 9.43. The summed E-state index contributed by atoms with van der Waals surface area (Å²) in [5.74, 6) is -0.494. The number of ether oxygens (including phenoxy) is 1. The molecule has 0 saturated heterocycles. The molecule has 1 heterocycles. The number of nitrogens with zero attached hydrogens (tertiary/aromatic N) is 1.